The van der Waals surface area contributed by atoms with Crippen molar-refractivity contribution >= 4 is 57.6 Å². The fourth-order valence-electron chi connectivity index (χ4n) is 3.89. The van der Waals surface area contributed by atoms with Gasteiger partial charge in [0.15, 0.2) is 11.3 Å². The minimum absolute atomic E-state index is 0.0457. The highest BCUT2D eigenvalue weighted by Gasteiger charge is 2.53. The van der Waals surface area contributed by atoms with Crippen molar-refractivity contribution in [2.24, 2.45) is 5.16 Å². The van der Waals surface area contributed by atoms with Gasteiger partial charge in [-0.05, 0) is 6.07 Å². The Bertz CT molecular complexity index is 1510. The lowest BCUT2D eigenvalue weighted by atomic mass is 10.0. The molecule has 0 aromatic carbocycles. The minimum Gasteiger partial charge on any atom is -0.543 e. The van der Waals surface area contributed by atoms with Crippen LogP contribution in [0, 0.1) is 10.1 Å². The second-order valence-corrected chi connectivity index (χ2v) is 9.56. The summed E-state index contributed by atoms with van der Waals surface area (Å²) in [4.78, 5) is 56.0. The van der Waals surface area contributed by atoms with Gasteiger partial charge in [-0.1, -0.05) is 10.3 Å². The van der Waals surface area contributed by atoms with Crippen LogP contribution < -0.4 is 20.7 Å². The Labute approximate surface area is 225 Å². The summed E-state index contributed by atoms with van der Waals surface area (Å²) < 4.78 is 7.43. The molecule has 204 valence electrons. The Balaban J connectivity index is 0.000000826. The highest BCUT2D eigenvalue weighted by Crippen LogP contribution is 2.40. The quantitative estimate of drug-likeness (QED) is 0.0841. The van der Waals surface area contributed by atoms with Crippen LogP contribution in [0.5, 0.6) is 0 Å². The van der Waals surface area contributed by atoms with Crippen LogP contribution >= 0.6 is 23.3 Å². The van der Waals surface area contributed by atoms with E-state index in [1.165, 1.54) is 18.9 Å². The number of nitrogens with two attached hydrogens (primary N) is 1. The molecule has 20 heteroatoms. The summed E-state index contributed by atoms with van der Waals surface area (Å²) in [5.41, 5.74) is 6.39. The Kier molecular flexibility index (Phi) is 7.85. The third-order valence-corrected chi connectivity index (χ3v) is 7.26. The van der Waals surface area contributed by atoms with Gasteiger partial charge in [-0.25, -0.2) is 4.57 Å². The summed E-state index contributed by atoms with van der Waals surface area (Å²) in [6.45, 7) is 0.230. The largest absolute Gasteiger partial charge is 0.543 e. The van der Waals surface area contributed by atoms with Crippen LogP contribution in [0.25, 0.3) is 5.65 Å². The average molecular weight is 579 g/mol. The first kappa shape index (κ1) is 27.2. The number of nitrogens with zero attached hydrogens (tertiary/aromatic N) is 8. The van der Waals surface area contributed by atoms with E-state index in [4.69, 9.17) is 25.9 Å². The number of nitrogens with one attached hydrogen (secondary N) is 1. The number of thioether (sulfide) groups is 1. The van der Waals surface area contributed by atoms with Gasteiger partial charge in [0.25, 0.3) is 16.9 Å². The van der Waals surface area contributed by atoms with E-state index in [0.29, 0.717) is 11.3 Å². The summed E-state index contributed by atoms with van der Waals surface area (Å²) in [7, 11) is 1.25. The van der Waals surface area contributed by atoms with Gasteiger partial charge in [0.1, 0.15) is 31.3 Å². The van der Waals surface area contributed by atoms with Crippen LogP contribution in [-0.4, -0.2) is 81.9 Å². The van der Waals surface area contributed by atoms with E-state index in [1.807, 2.05) is 10.6 Å². The Hall–Kier alpha value is -4.85. The van der Waals surface area contributed by atoms with E-state index in [9.17, 15) is 19.5 Å². The van der Waals surface area contributed by atoms with E-state index >= 15 is 0 Å². The van der Waals surface area contributed by atoms with Crippen LogP contribution in [-0.2, 0) is 25.8 Å². The standard InChI is InChI=1S/C19H17N9O5S2.HNO3/c1-33-24-11(14-23-19(20)35-25-14)15(29)22-12-16(30)28-13(18(31)32)9(8-34-17(12)28)7-26-5-6-27-10(26)3-2-4-21-27;2-1(3)4/h2-6,12,17H,7-8H2,1H3,(H3-,20,22,23,25,29,31,32);(H,2,3,4)/b24-11-;/t12-,17-;/m1./s1. The number of fused-ring (bicyclic) bond motifs is 2. The van der Waals surface area contributed by atoms with Gasteiger partial charge in [-0.15, -0.1) is 26.4 Å². The predicted molar refractivity (Wildman–Crippen MR) is 129 cm³/mol. The maximum atomic E-state index is 13.0. The zero-order valence-corrected chi connectivity index (χ0v) is 21.4. The van der Waals surface area contributed by atoms with Crippen molar-refractivity contribution in [1.29, 1.82) is 0 Å². The monoisotopic (exact) mass is 578 g/mol. The summed E-state index contributed by atoms with van der Waals surface area (Å²) in [6.07, 6.45) is 5.16. The molecule has 3 aromatic heterocycles. The molecule has 2 amide bonds. The number of anilines is 1. The van der Waals surface area contributed by atoms with Crippen molar-refractivity contribution in [3.63, 3.8) is 0 Å². The van der Waals surface area contributed by atoms with Gasteiger partial charge in [0.05, 0.1) is 17.9 Å². The molecule has 1 fully saturated rings. The zero-order valence-electron chi connectivity index (χ0n) is 19.7. The summed E-state index contributed by atoms with van der Waals surface area (Å²) in [5.74, 6) is -2.53. The maximum absolute atomic E-state index is 13.0. The summed E-state index contributed by atoms with van der Waals surface area (Å²) in [6, 6.07) is 2.64. The number of aliphatic carboxylic acids is 1. The Morgan fingerprint density at radius 1 is 1.46 bits per heavy atom. The van der Waals surface area contributed by atoms with Crippen molar-refractivity contribution in [3.05, 3.63) is 57.9 Å². The molecule has 0 bridgehead atoms. The molecule has 2 aliphatic rings. The zero-order chi connectivity index (χ0) is 28.3. The molecule has 39 heavy (non-hydrogen) atoms. The topological polar surface area (TPSA) is 247 Å². The molecule has 18 nitrogen and oxygen atoms in total. The number of carbonyl (C=O) groups is 3. The minimum atomic E-state index is -1.50. The molecule has 0 saturated carbocycles. The molecule has 5 heterocycles. The molecule has 1 saturated heterocycles. The van der Waals surface area contributed by atoms with E-state index in [0.717, 1.165) is 22.1 Å². The number of aromatic nitrogens is 5. The van der Waals surface area contributed by atoms with Gasteiger partial charge in [-0.3, -0.25) is 14.5 Å². The van der Waals surface area contributed by atoms with E-state index in [-0.39, 0.29) is 28.9 Å². The summed E-state index contributed by atoms with van der Waals surface area (Å²) >= 11 is 2.21. The van der Waals surface area contributed by atoms with Crippen LogP contribution in [0.4, 0.5) is 5.13 Å². The summed E-state index contributed by atoms with van der Waals surface area (Å²) in [5, 5.41) is 35.6. The number of β-lactam (4-membered cyclic amide) rings is 1. The van der Waals surface area contributed by atoms with Crippen LogP contribution in [0.15, 0.2) is 47.1 Å². The fraction of sp³-hybridized carbons (Fsp3) is 0.263. The van der Waals surface area contributed by atoms with Gasteiger partial charge in [0, 0.05) is 28.9 Å². The van der Waals surface area contributed by atoms with Crippen LogP contribution in [0.3, 0.4) is 0 Å². The molecule has 5 rings (SSSR count). The highest BCUT2D eigenvalue weighted by molar-refractivity contribution is 8.00. The molecular weight excluding hydrogens is 560 g/mol. The first-order valence-electron chi connectivity index (χ1n) is 10.7. The van der Waals surface area contributed by atoms with Crippen molar-refractivity contribution in [2.75, 3.05) is 18.6 Å². The van der Waals surface area contributed by atoms with Crippen molar-refractivity contribution in [2.45, 2.75) is 18.0 Å². The average Bonchev–Trinajstić information content (AvgIpc) is 3.51. The second kappa shape index (κ2) is 11.3. The fourth-order valence-corrected chi connectivity index (χ4v) is 5.66. The maximum Gasteiger partial charge on any atom is 0.307 e. The predicted octanol–water partition coefficient (Wildman–Crippen LogP) is -2.84. The number of imidazole rings is 1. The van der Waals surface area contributed by atoms with Gasteiger partial charge in [0.2, 0.25) is 11.5 Å². The Morgan fingerprint density at radius 2 is 2.21 bits per heavy atom. The molecule has 0 radical (unpaired) electrons. The lowest BCUT2D eigenvalue weighted by Gasteiger charge is -2.50. The SMILES string of the molecule is CO/N=C(\C(=O)N[C@@H]1C(=O)N2C(C(=O)[O-])=C(C[n+]3ccn4ncccc43)CS[C@H]12)c1nsc(N)n1.O=[N+]([O-])O. The normalized spacial score (nSPS) is 18.5. The lowest BCUT2D eigenvalue weighted by Crippen LogP contribution is -2.71. The number of oxime groups is 1. The van der Waals surface area contributed by atoms with Crippen LogP contribution in [0.2, 0.25) is 0 Å². The van der Waals surface area contributed by atoms with Crippen molar-refractivity contribution in [1.82, 2.24) is 29.2 Å². The number of nitrogen functional groups attached to an aromatic ring is 1. The third-order valence-electron chi connectivity index (χ3n) is 5.38. The number of carboxylic acid groups (broad SMARTS) is 1. The molecule has 4 N–H and O–H groups in total. The molecule has 2 aliphatic heterocycles. The van der Waals surface area contributed by atoms with Gasteiger partial charge >= 0.3 is 5.65 Å². The van der Waals surface area contributed by atoms with Gasteiger partial charge < -0.3 is 31.0 Å². The molecular formula is C19H18N10O8S2. The smallest absolute Gasteiger partial charge is 0.307 e. The molecule has 2 atom stereocenters. The van der Waals surface area contributed by atoms with Crippen molar-refractivity contribution < 1.29 is 39.2 Å². The number of rotatable bonds is 7. The number of carboxylic acids is 1. The van der Waals surface area contributed by atoms with E-state index in [2.05, 4.69) is 24.9 Å². The number of hydrogen-bond acceptors (Lipinski definition) is 14. The molecule has 0 spiro atoms. The molecule has 0 unspecified atom stereocenters. The Morgan fingerprint density at radius 3 is 2.85 bits per heavy atom. The first-order valence-corrected chi connectivity index (χ1v) is 12.5. The van der Waals surface area contributed by atoms with Crippen molar-refractivity contribution in [3.8, 4) is 0 Å². The van der Waals surface area contributed by atoms with Crippen LogP contribution in [0.1, 0.15) is 5.82 Å². The highest BCUT2D eigenvalue weighted by atomic mass is 32.2. The van der Waals surface area contributed by atoms with E-state index in [1.54, 1.807) is 29.2 Å². The molecule has 0 aliphatic carbocycles. The lowest BCUT2D eigenvalue weighted by molar-refractivity contribution is -0.742. The number of hydrogen-bond donors (Lipinski definition) is 3. The number of amides is 2. The van der Waals surface area contributed by atoms with E-state index < -0.39 is 34.3 Å². The number of carbonyl (C=O) groups excluding carboxylic acids is 3. The molecule has 3 aromatic rings. The second-order valence-electron chi connectivity index (χ2n) is 7.67. The first-order chi connectivity index (χ1) is 18.6. The third kappa shape index (κ3) is 5.55. The van der Waals surface area contributed by atoms with Gasteiger partial charge in [-0.2, -0.15) is 9.36 Å².